The van der Waals surface area contributed by atoms with Gasteiger partial charge in [0.25, 0.3) is 0 Å². The van der Waals surface area contributed by atoms with Crippen LogP contribution in [0.1, 0.15) is 5.82 Å². The standard InChI is InChI=1S/C8H11N3O3/c1-11-4-3-9-6(11)5-10-7(12)8(13)14-2/h3-4H,5H2,1-2H3,(H,10,12). The molecule has 1 N–H and O–H groups in total. The van der Waals surface area contributed by atoms with Gasteiger partial charge in [-0.2, -0.15) is 0 Å². The van der Waals surface area contributed by atoms with Crippen LogP contribution in [0.5, 0.6) is 0 Å². The van der Waals surface area contributed by atoms with Crippen LogP contribution in [-0.2, 0) is 27.9 Å². The number of methoxy groups -OCH3 is 1. The van der Waals surface area contributed by atoms with E-state index < -0.39 is 11.9 Å². The number of hydrogen-bond donors (Lipinski definition) is 1. The second-order valence-corrected chi connectivity index (χ2v) is 2.63. The summed E-state index contributed by atoms with van der Waals surface area (Å²) in [7, 11) is 2.95. The number of carbonyl (C=O) groups excluding carboxylic acids is 2. The van der Waals surface area contributed by atoms with Gasteiger partial charge in [-0.1, -0.05) is 0 Å². The number of hydrogen-bond acceptors (Lipinski definition) is 4. The summed E-state index contributed by atoms with van der Waals surface area (Å²) < 4.78 is 5.98. The molecule has 0 aromatic carbocycles. The van der Waals surface area contributed by atoms with Gasteiger partial charge in [0.05, 0.1) is 13.7 Å². The number of carbonyl (C=O) groups is 2. The zero-order valence-electron chi connectivity index (χ0n) is 7.98. The molecule has 0 radical (unpaired) electrons. The molecule has 6 heteroatoms. The Morgan fingerprint density at radius 3 is 2.86 bits per heavy atom. The van der Waals surface area contributed by atoms with Gasteiger partial charge < -0.3 is 14.6 Å². The first kappa shape index (κ1) is 10.2. The molecule has 14 heavy (non-hydrogen) atoms. The van der Waals surface area contributed by atoms with Gasteiger partial charge >= 0.3 is 11.9 Å². The molecule has 0 saturated carbocycles. The number of aryl methyl sites for hydroxylation is 1. The van der Waals surface area contributed by atoms with E-state index in [-0.39, 0.29) is 6.54 Å². The fraction of sp³-hybridized carbons (Fsp3) is 0.375. The van der Waals surface area contributed by atoms with Crippen LogP contribution in [0.2, 0.25) is 0 Å². The molecule has 1 aromatic rings. The molecule has 0 spiro atoms. The number of amides is 1. The van der Waals surface area contributed by atoms with Crippen molar-refractivity contribution in [2.45, 2.75) is 6.54 Å². The Labute approximate surface area is 80.9 Å². The monoisotopic (exact) mass is 197 g/mol. The molecule has 0 bridgehead atoms. The van der Waals surface area contributed by atoms with Crippen molar-refractivity contribution in [3.8, 4) is 0 Å². The molecule has 76 valence electrons. The van der Waals surface area contributed by atoms with E-state index in [4.69, 9.17) is 0 Å². The smallest absolute Gasteiger partial charge is 0.396 e. The first-order valence-electron chi connectivity index (χ1n) is 3.97. The van der Waals surface area contributed by atoms with Gasteiger partial charge in [0.1, 0.15) is 5.82 Å². The fourth-order valence-electron chi connectivity index (χ4n) is 0.891. The van der Waals surface area contributed by atoms with E-state index in [2.05, 4.69) is 15.0 Å². The summed E-state index contributed by atoms with van der Waals surface area (Å²) in [4.78, 5) is 25.6. The highest BCUT2D eigenvalue weighted by atomic mass is 16.5. The predicted octanol–water partition coefficient (Wildman–Crippen LogP) is -0.791. The quantitative estimate of drug-likeness (QED) is 0.498. The molecule has 0 fully saturated rings. The Balaban J connectivity index is 2.45. The van der Waals surface area contributed by atoms with Crippen LogP contribution in [-0.4, -0.2) is 28.5 Å². The average Bonchev–Trinajstić information content (AvgIpc) is 2.59. The summed E-state index contributed by atoms with van der Waals surface area (Å²) in [6.45, 7) is 0.206. The van der Waals surface area contributed by atoms with Gasteiger partial charge in [-0.25, -0.2) is 9.78 Å². The molecular formula is C8H11N3O3. The first-order valence-corrected chi connectivity index (χ1v) is 3.97. The van der Waals surface area contributed by atoms with Gasteiger partial charge in [0.15, 0.2) is 0 Å². The van der Waals surface area contributed by atoms with Crippen molar-refractivity contribution in [2.24, 2.45) is 7.05 Å². The molecule has 0 saturated heterocycles. The second-order valence-electron chi connectivity index (χ2n) is 2.63. The molecule has 0 unspecified atom stereocenters. The lowest BCUT2D eigenvalue weighted by Gasteiger charge is -2.03. The van der Waals surface area contributed by atoms with Crippen molar-refractivity contribution in [1.82, 2.24) is 14.9 Å². The Morgan fingerprint density at radius 2 is 2.36 bits per heavy atom. The lowest BCUT2D eigenvalue weighted by Crippen LogP contribution is -2.32. The number of ether oxygens (including phenoxy) is 1. The average molecular weight is 197 g/mol. The molecule has 0 atom stereocenters. The Kier molecular flexibility index (Phi) is 3.22. The largest absolute Gasteiger partial charge is 0.462 e. The zero-order valence-corrected chi connectivity index (χ0v) is 7.98. The summed E-state index contributed by atoms with van der Waals surface area (Å²) in [5.41, 5.74) is 0. The lowest BCUT2D eigenvalue weighted by molar-refractivity contribution is -0.152. The normalized spacial score (nSPS) is 9.57. The van der Waals surface area contributed by atoms with Crippen LogP contribution in [0.4, 0.5) is 0 Å². The molecule has 1 rings (SSSR count). The molecule has 0 aliphatic carbocycles. The summed E-state index contributed by atoms with van der Waals surface area (Å²) in [6.07, 6.45) is 3.36. The maximum atomic E-state index is 11.0. The van der Waals surface area contributed by atoms with E-state index in [0.717, 1.165) is 7.11 Å². The summed E-state index contributed by atoms with van der Waals surface area (Å²) in [6, 6.07) is 0. The topological polar surface area (TPSA) is 73.2 Å². The maximum absolute atomic E-state index is 11.0. The number of nitrogens with zero attached hydrogens (tertiary/aromatic N) is 2. The molecule has 1 amide bonds. The highest BCUT2D eigenvalue weighted by molar-refractivity contribution is 6.32. The number of rotatable bonds is 2. The third kappa shape index (κ3) is 2.32. The first-order chi connectivity index (χ1) is 6.65. The van der Waals surface area contributed by atoms with Crippen LogP contribution >= 0.6 is 0 Å². The summed E-state index contributed by atoms with van der Waals surface area (Å²) in [5.74, 6) is -1.00. The highest BCUT2D eigenvalue weighted by Crippen LogP contribution is 1.92. The predicted molar refractivity (Wildman–Crippen MR) is 47.1 cm³/mol. The highest BCUT2D eigenvalue weighted by Gasteiger charge is 2.13. The summed E-state index contributed by atoms with van der Waals surface area (Å²) >= 11 is 0. The molecule has 0 aliphatic rings. The van der Waals surface area contributed by atoms with E-state index in [1.54, 1.807) is 24.0 Å². The number of esters is 1. The Morgan fingerprint density at radius 1 is 1.64 bits per heavy atom. The third-order valence-corrected chi connectivity index (χ3v) is 1.70. The minimum atomic E-state index is -0.904. The van der Waals surface area contributed by atoms with Crippen molar-refractivity contribution in [2.75, 3.05) is 7.11 Å². The van der Waals surface area contributed by atoms with E-state index in [1.807, 2.05) is 0 Å². The van der Waals surface area contributed by atoms with E-state index in [1.165, 1.54) is 0 Å². The molecular weight excluding hydrogens is 186 g/mol. The van der Waals surface area contributed by atoms with E-state index >= 15 is 0 Å². The molecule has 6 nitrogen and oxygen atoms in total. The van der Waals surface area contributed by atoms with Crippen LogP contribution in [0.15, 0.2) is 12.4 Å². The van der Waals surface area contributed by atoms with Crippen molar-refractivity contribution >= 4 is 11.9 Å². The van der Waals surface area contributed by atoms with Crippen LogP contribution in [0.25, 0.3) is 0 Å². The van der Waals surface area contributed by atoms with Gasteiger partial charge in [-0.15, -0.1) is 0 Å². The van der Waals surface area contributed by atoms with Crippen LogP contribution in [0, 0.1) is 0 Å². The van der Waals surface area contributed by atoms with Crippen molar-refractivity contribution in [3.63, 3.8) is 0 Å². The zero-order chi connectivity index (χ0) is 10.6. The van der Waals surface area contributed by atoms with Gasteiger partial charge in [-0.3, -0.25) is 4.79 Å². The second kappa shape index (κ2) is 4.40. The van der Waals surface area contributed by atoms with Crippen LogP contribution < -0.4 is 5.32 Å². The van der Waals surface area contributed by atoms with E-state index in [9.17, 15) is 9.59 Å². The van der Waals surface area contributed by atoms with Crippen molar-refractivity contribution in [3.05, 3.63) is 18.2 Å². The van der Waals surface area contributed by atoms with E-state index in [0.29, 0.717) is 5.82 Å². The van der Waals surface area contributed by atoms with Gasteiger partial charge in [0, 0.05) is 19.4 Å². The lowest BCUT2D eigenvalue weighted by atomic mass is 10.5. The molecule has 1 heterocycles. The molecule has 0 aliphatic heterocycles. The fourth-order valence-corrected chi connectivity index (χ4v) is 0.891. The number of nitrogens with one attached hydrogen (secondary N) is 1. The van der Waals surface area contributed by atoms with Gasteiger partial charge in [0.2, 0.25) is 0 Å². The van der Waals surface area contributed by atoms with Crippen LogP contribution in [0.3, 0.4) is 0 Å². The Hall–Kier alpha value is -1.85. The number of imidazole rings is 1. The number of aromatic nitrogens is 2. The maximum Gasteiger partial charge on any atom is 0.396 e. The minimum Gasteiger partial charge on any atom is -0.462 e. The summed E-state index contributed by atoms with van der Waals surface area (Å²) in [5, 5.41) is 2.38. The Bertz CT molecular complexity index is 345. The van der Waals surface area contributed by atoms with Crippen molar-refractivity contribution in [1.29, 1.82) is 0 Å². The van der Waals surface area contributed by atoms with Gasteiger partial charge in [-0.05, 0) is 0 Å². The molecule has 1 aromatic heterocycles. The van der Waals surface area contributed by atoms with Crippen molar-refractivity contribution < 1.29 is 14.3 Å². The minimum absolute atomic E-state index is 0.206. The third-order valence-electron chi connectivity index (χ3n) is 1.70. The SMILES string of the molecule is COC(=O)C(=O)NCc1nccn1C.